The second kappa shape index (κ2) is 9.10. The molecule has 16 heavy (non-hydrogen) atoms. The van der Waals surface area contributed by atoms with E-state index in [0.717, 1.165) is 6.04 Å². The van der Waals surface area contributed by atoms with Crippen LogP contribution in [0.4, 0.5) is 4.39 Å². The molecular formula is C11H25FO3Si. The monoisotopic (exact) mass is 252 g/mol. The fraction of sp³-hybridized carbons (Fsp3) is 1.00. The van der Waals surface area contributed by atoms with E-state index in [1.165, 1.54) is 0 Å². The predicted molar refractivity (Wildman–Crippen MR) is 65.2 cm³/mol. The first-order chi connectivity index (χ1) is 7.64. The van der Waals surface area contributed by atoms with Gasteiger partial charge in [0.05, 0.1) is 6.67 Å². The molecule has 0 bridgehead atoms. The molecule has 0 amide bonds. The summed E-state index contributed by atoms with van der Waals surface area (Å²) in [5.41, 5.74) is 0. The Balaban J connectivity index is 4.26. The normalized spacial score (nSPS) is 14.1. The molecule has 0 aromatic carbocycles. The van der Waals surface area contributed by atoms with Gasteiger partial charge >= 0.3 is 8.80 Å². The van der Waals surface area contributed by atoms with Crippen molar-refractivity contribution >= 4 is 8.80 Å². The molecule has 0 rings (SSSR count). The first-order valence-electron chi connectivity index (χ1n) is 6.15. The molecule has 0 fully saturated rings. The summed E-state index contributed by atoms with van der Waals surface area (Å²) in [6.45, 7) is 8.73. The molecule has 0 saturated heterocycles. The van der Waals surface area contributed by atoms with Gasteiger partial charge in [-0.2, -0.15) is 0 Å². The van der Waals surface area contributed by atoms with Crippen LogP contribution >= 0.6 is 0 Å². The summed E-state index contributed by atoms with van der Waals surface area (Å²) in [5, 5.41) is 0. The van der Waals surface area contributed by atoms with Crippen molar-refractivity contribution < 1.29 is 17.7 Å². The van der Waals surface area contributed by atoms with E-state index in [2.05, 4.69) is 0 Å². The van der Waals surface area contributed by atoms with Gasteiger partial charge in [-0.05, 0) is 33.6 Å². The molecule has 0 aliphatic carbocycles. The van der Waals surface area contributed by atoms with Crippen molar-refractivity contribution in [3.8, 4) is 0 Å². The molecular weight excluding hydrogens is 227 g/mol. The molecule has 98 valence electrons. The van der Waals surface area contributed by atoms with E-state index in [9.17, 15) is 4.39 Å². The van der Waals surface area contributed by atoms with Crippen LogP contribution in [0.25, 0.3) is 0 Å². The van der Waals surface area contributed by atoms with Gasteiger partial charge in [0.15, 0.2) is 0 Å². The largest absolute Gasteiger partial charge is 0.500 e. The van der Waals surface area contributed by atoms with Crippen LogP contribution in [-0.4, -0.2) is 34.8 Å². The Morgan fingerprint density at radius 3 is 2.06 bits per heavy atom. The minimum Gasteiger partial charge on any atom is -0.374 e. The Morgan fingerprint density at radius 1 is 1.12 bits per heavy atom. The van der Waals surface area contributed by atoms with E-state index in [0.29, 0.717) is 26.1 Å². The average Bonchev–Trinajstić information content (AvgIpc) is 2.27. The molecule has 0 spiro atoms. The average molecular weight is 252 g/mol. The van der Waals surface area contributed by atoms with Gasteiger partial charge in [-0.25, -0.2) is 0 Å². The van der Waals surface area contributed by atoms with Crippen LogP contribution in [0.2, 0.25) is 6.04 Å². The van der Waals surface area contributed by atoms with Gasteiger partial charge in [0, 0.05) is 25.4 Å². The molecule has 5 heteroatoms. The summed E-state index contributed by atoms with van der Waals surface area (Å²) in [6.07, 6.45) is 1.25. The van der Waals surface area contributed by atoms with Crippen molar-refractivity contribution in [2.75, 3.05) is 19.9 Å². The lowest BCUT2D eigenvalue weighted by Crippen LogP contribution is -2.47. The maximum Gasteiger partial charge on any atom is 0.500 e. The Morgan fingerprint density at radius 2 is 1.69 bits per heavy atom. The topological polar surface area (TPSA) is 27.7 Å². The molecule has 0 heterocycles. The molecule has 0 aliphatic heterocycles. The van der Waals surface area contributed by atoms with E-state index in [1.54, 1.807) is 0 Å². The van der Waals surface area contributed by atoms with Crippen LogP contribution in [-0.2, 0) is 13.3 Å². The van der Waals surface area contributed by atoms with Gasteiger partial charge < -0.3 is 13.3 Å². The summed E-state index contributed by atoms with van der Waals surface area (Å²) in [7, 11) is -2.51. The molecule has 0 aromatic rings. The minimum atomic E-state index is -2.51. The molecule has 0 N–H and O–H groups in total. The zero-order valence-electron chi connectivity index (χ0n) is 10.9. The van der Waals surface area contributed by atoms with Crippen LogP contribution in [0.3, 0.4) is 0 Å². The Hall–Kier alpha value is 0.0269. The molecule has 0 saturated carbocycles. The standard InChI is InChI=1S/C11H25FO3Si/c1-5-13-16(7-3,14-6-2)15-11(4)9-8-10-12/h11H,5-10H2,1-4H3. The van der Waals surface area contributed by atoms with Crippen molar-refractivity contribution in [2.45, 2.75) is 52.7 Å². The van der Waals surface area contributed by atoms with Crippen molar-refractivity contribution in [3.63, 3.8) is 0 Å². The van der Waals surface area contributed by atoms with Crippen LogP contribution in [0.15, 0.2) is 0 Å². The second-order valence-electron chi connectivity index (χ2n) is 3.66. The number of alkyl halides is 1. The van der Waals surface area contributed by atoms with Crippen molar-refractivity contribution in [2.24, 2.45) is 0 Å². The fourth-order valence-corrected chi connectivity index (χ4v) is 3.97. The molecule has 0 radical (unpaired) electrons. The van der Waals surface area contributed by atoms with E-state index in [1.807, 2.05) is 27.7 Å². The Bertz CT molecular complexity index is 163. The maximum absolute atomic E-state index is 12.1. The third-order valence-corrected chi connectivity index (χ3v) is 5.37. The number of rotatable bonds is 10. The van der Waals surface area contributed by atoms with E-state index >= 15 is 0 Å². The van der Waals surface area contributed by atoms with Crippen molar-refractivity contribution in [3.05, 3.63) is 0 Å². The van der Waals surface area contributed by atoms with E-state index in [4.69, 9.17) is 13.3 Å². The quantitative estimate of drug-likeness (QED) is 0.559. The molecule has 1 atom stereocenters. The molecule has 3 nitrogen and oxygen atoms in total. The zero-order chi connectivity index (χ0) is 12.4. The van der Waals surface area contributed by atoms with E-state index in [-0.39, 0.29) is 12.8 Å². The molecule has 1 unspecified atom stereocenters. The SMILES string of the molecule is CCO[Si](CC)(OCC)OC(C)CCCF. The number of hydrogen-bond acceptors (Lipinski definition) is 3. The first-order valence-corrected chi connectivity index (χ1v) is 8.09. The first kappa shape index (κ1) is 16.0. The van der Waals surface area contributed by atoms with Crippen LogP contribution in [0.1, 0.15) is 40.5 Å². The van der Waals surface area contributed by atoms with Crippen LogP contribution in [0.5, 0.6) is 0 Å². The van der Waals surface area contributed by atoms with Crippen LogP contribution < -0.4 is 0 Å². The number of hydrogen-bond donors (Lipinski definition) is 0. The Kier molecular flexibility index (Phi) is 9.11. The summed E-state index contributed by atoms with van der Waals surface area (Å²) < 4.78 is 29.3. The van der Waals surface area contributed by atoms with Gasteiger partial charge in [-0.15, -0.1) is 0 Å². The molecule has 0 aromatic heterocycles. The lowest BCUT2D eigenvalue weighted by molar-refractivity contribution is 0.0354. The third kappa shape index (κ3) is 5.93. The lowest BCUT2D eigenvalue weighted by atomic mass is 10.2. The summed E-state index contributed by atoms with van der Waals surface area (Å²) in [5.74, 6) is 0. The zero-order valence-corrected chi connectivity index (χ0v) is 11.9. The minimum absolute atomic E-state index is 0.000432. The van der Waals surface area contributed by atoms with Gasteiger partial charge in [-0.3, -0.25) is 4.39 Å². The highest BCUT2D eigenvalue weighted by molar-refractivity contribution is 6.60. The highest BCUT2D eigenvalue weighted by Crippen LogP contribution is 2.19. The molecule has 0 aliphatic rings. The lowest BCUT2D eigenvalue weighted by Gasteiger charge is -2.30. The van der Waals surface area contributed by atoms with Crippen molar-refractivity contribution in [1.82, 2.24) is 0 Å². The van der Waals surface area contributed by atoms with Gasteiger partial charge in [0.25, 0.3) is 0 Å². The van der Waals surface area contributed by atoms with Gasteiger partial charge in [0.2, 0.25) is 0 Å². The Labute approximate surface area is 99.6 Å². The van der Waals surface area contributed by atoms with Gasteiger partial charge in [0.1, 0.15) is 0 Å². The van der Waals surface area contributed by atoms with E-state index < -0.39 is 8.80 Å². The smallest absolute Gasteiger partial charge is 0.374 e. The fourth-order valence-electron chi connectivity index (χ4n) is 1.57. The van der Waals surface area contributed by atoms with Crippen molar-refractivity contribution in [1.29, 1.82) is 0 Å². The highest BCUT2D eigenvalue weighted by atomic mass is 28.4. The van der Waals surface area contributed by atoms with Crippen LogP contribution in [0, 0.1) is 0 Å². The second-order valence-corrected chi connectivity index (χ2v) is 6.55. The predicted octanol–water partition coefficient (Wildman–Crippen LogP) is 3.17. The third-order valence-electron chi connectivity index (χ3n) is 2.29. The van der Waals surface area contributed by atoms with Gasteiger partial charge in [-0.1, -0.05) is 6.92 Å². The number of halogens is 1. The summed E-state index contributed by atoms with van der Waals surface area (Å²) in [6, 6.07) is 0.759. The maximum atomic E-state index is 12.1. The summed E-state index contributed by atoms with van der Waals surface area (Å²) in [4.78, 5) is 0. The summed E-state index contributed by atoms with van der Waals surface area (Å²) >= 11 is 0. The highest BCUT2D eigenvalue weighted by Gasteiger charge is 2.39.